The van der Waals surface area contributed by atoms with E-state index in [0.29, 0.717) is 5.56 Å². The molecular weight excluding hydrogens is 204 g/mol. The number of carbonyl (C=O) groups is 1. The fourth-order valence-electron chi connectivity index (χ4n) is 1.49. The van der Waals surface area contributed by atoms with E-state index in [1.165, 1.54) is 6.08 Å². The van der Waals surface area contributed by atoms with Gasteiger partial charge < -0.3 is 9.84 Å². The zero-order valence-electron chi connectivity index (χ0n) is 9.35. The molecule has 86 valence electrons. The van der Waals surface area contributed by atoms with Gasteiger partial charge in [-0.1, -0.05) is 36.4 Å². The summed E-state index contributed by atoms with van der Waals surface area (Å²) in [5.74, 6) is -0.638. The summed E-state index contributed by atoms with van der Waals surface area (Å²) >= 11 is 0. The van der Waals surface area contributed by atoms with Crippen LogP contribution in [0.4, 0.5) is 0 Å². The SMILES string of the molecule is C=CC[C@](O)(C(=O)OCC)c1ccccc1. The third-order valence-corrected chi connectivity index (χ3v) is 2.30. The molecule has 0 aliphatic rings. The molecule has 1 aromatic rings. The third-order valence-electron chi connectivity index (χ3n) is 2.30. The molecule has 16 heavy (non-hydrogen) atoms. The lowest BCUT2D eigenvalue weighted by molar-refractivity contribution is -0.166. The van der Waals surface area contributed by atoms with Gasteiger partial charge in [0.15, 0.2) is 5.60 Å². The topological polar surface area (TPSA) is 46.5 Å². The Bertz CT molecular complexity index is 359. The van der Waals surface area contributed by atoms with Crippen LogP contribution in [-0.4, -0.2) is 17.7 Å². The number of aliphatic hydroxyl groups is 1. The monoisotopic (exact) mass is 220 g/mol. The van der Waals surface area contributed by atoms with Crippen molar-refractivity contribution in [3.63, 3.8) is 0 Å². The molecule has 1 rings (SSSR count). The van der Waals surface area contributed by atoms with Gasteiger partial charge in [-0.15, -0.1) is 6.58 Å². The van der Waals surface area contributed by atoms with Crippen molar-refractivity contribution in [1.82, 2.24) is 0 Å². The number of esters is 1. The Morgan fingerprint density at radius 3 is 2.62 bits per heavy atom. The Kier molecular flexibility index (Phi) is 4.26. The quantitative estimate of drug-likeness (QED) is 0.610. The molecule has 0 amide bonds. The molecule has 0 heterocycles. The summed E-state index contributed by atoms with van der Waals surface area (Å²) in [5, 5.41) is 10.3. The van der Waals surface area contributed by atoms with Crippen molar-refractivity contribution in [3.8, 4) is 0 Å². The first-order valence-corrected chi connectivity index (χ1v) is 5.21. The lowest BCUT2D eigenvalue weighted by Crippen LogP contribution is -2.36. The molecule has 0 bridgehead atoms. The van der Waals surface area contributed by atoms with Crippen molar-refractivity contribution >= 4 is 5.97 Å². The van der Waals surface area contributed by atoms with Gasteiger partial charge in [0.2, 0.25) is 0 Å². The van der Waals surface area contributed by atoms with Crippen LogP contribution < -0.4 is 0 Å². The van der Waals surface area contributed by atoms with Gasteiger partial charge in [0, 0.05) is 6.42 Å². The van der Waals surface area contributed by atoms with E-state index in [9.17, 15) is 9.90 Å². The summed E-state index contributed by atoms with van der Waals surface area (Å²) in [4.78, 5) is 11.7. The summed E-state index contributed by atoms with van der Waals surface area (Å²) in [6.07, 6.45) is 1.64. The summed E-state index contributed by atoms with van der Waals surface area (Å²) in [7, 11) is 0. The van der Waals surface area contributed by atoms with Crippen LogP contribution in [0, 0.1) is 0 Å². The molecule has 0 radical (unpaired) electrons. The fraction of sp³-hybridized carbons (Fsp3) is 0.308. The van der Waals surface area contributed by atoms with E-state index in [1.54, 1.807) is 31.2 Å². The Morgan fingerprint density at radius 1 is 1.50 bits per heavy atom. The second-order valence-corrected chi connectivity index (χ2v) is 3.44. The van der Waals surface area contributed by atoms with E-state index >= 15 is 0 Å². The van der Waals surface area contributed by atoms with E-state index in [4.69, 9.17) is 4.74 Å². The van der Waals surface area contributed by atoms with Gasteiger partial charge in [-0.2, -0.15) is 0 Å². The molecule has 0 aliphatic heterocycles. The summed E-state index contributed by atoms with van der Waals surface area (Å²) in [6.45, 7) is 5.49. The predicted molar refractivity (Wildman–Crippen MR) is 61.8 cm³/mol. The maximum Gasteiger partial charge on any atom is 0.343 e. The molecule has 1 N–H and O–H groups in total. The fourth-order valence-corrected chi connectivity index (χ4v) is 1.49. The first-order chi connectivity index (χ1) is 7.65. The number of carbonyl (C=O) groups excluding carboxylic acids is 1. The molecule has 0 fully saturated rings. The van der Waals surface area contributed by atoms with Crippen molar-refractivity contribution in [2.24, 2.45) is 0 Å². The maximum atomic E-state index is 11.7. The molecule has 1 atom stereocenters. The highest BCUT2D eigenvalue weighted by Crippen LogP contribution is 2.26. The van der Waals surface area contributed by atoms with Crippen LogP contribution in [0.5, 0.6) is 0 Å². The van der Waals surface area contributed by atoms with Gasteiger partial charge in [0.25, 0.3) is 0 Å². The first-order valence-electron chi connectivity index (χ1n) is 5.21. The average molecular weight is 220 g/mol. The lowest BCUT2D eigenvalue weighted by atomic mass is 9.90. The van der Waals surface area contributed by atoms with Crippen LogP contribution >= 0.6 is 0 Å². The molecule has 0 spiro atoms. The minimum atomic E-state index is -1.63. The highest BCUT2D eigenvalue weighted by Gasteiger charge is 2.38. The molecule has 0 aromatic heterocycles. The molecule has 0 aliphatic carbocycles. The van der Waals surface area contributed by atoms with Crippen molar-refractivity contribution in [3.05, 3.63) is 48.6 Å². The first kappa shape index (κ1) is 12.5. The van der Waals surface area contributed by atoms with Crippen LogP contribution in [0.2, 0.25) is 0 Å². The van der Waals surface area contributed by atoms with Gasteiger partial charge in [-0.05, 0) is 12.5 Å². The minimum absolute atomic E-state index is 0.135. The van der Waals surface area contributed by atoms with Crippen LogP contribution in [-0.2, 0) is 15.1 Å². The number of benzene rings is 1. The summed E-state index contributed by atoms with van der Waals surface area (Å²) in [5.41, 5.74) is -1.10. The van der Waals surface area contributed by atoms with Crippen LogP contribution in [0.1, 0.15) is 18.9 Å². The Hall–Kier alpha value is -1.61. The van der Waals surface area contributed by atoms with Gasteiger partial charge in [0.05, 0.1) is 6.61 Å². The third kappa shape index (κ3) is 2.49. The van der Waals surface area contributed by atoms with Gasteiger partial charge in [-0.3, -0.25) is 0 Å². The molecule has 0 saturated heterocycles. The van der Waals surface area contributed by atoms with Gasteiger partial charge >= 0.3 is 5.97 Å². The van der Waals surface area contributed by atoms with Crippen LogP contribution in [0.25, 0.3) is 0 Å². The normalized spacial score (nSPS) is 13.9. The second-order valence-electron chi connectivity index (χ2n) is 3.44. The van der Waals surface area contributed by atoms with Gasteiger partial charge in [0.1, 0.15) is 0 Å². The molecule has 3 heteroatoms. The van der Waals surface area contributed by atoms with Crippen molar-refractivity contribution < 1.29 is 14.6 Å². The van der Waals surface area contributed by atoms with E-state index in [1.807, 2.05) is 6.07 Å². The highest BCUT2D eigenvalue weighted by molar-refractivity contribution is 5.81. The van der Waals surface area contributed by atoms with E-state index < -0.39 is 11.6 Å². The number of ether oxygens (including phenoxy) is 1. The largest absolute Gasteiger partial charge is 0.464 e. The molecule has 0 saturated carbocycles. The molecule has 0 unspecified atom stereocenters. The Labute approximate surface area is 95.4 Å². The van der Waals surface area contributed by atoms with Crippen LogP contribution in [0.3, 0.4) is 0 Å². The number of hydrogen-bond donors (Lipinski definition) is 1. The van der Waals surface area contributed by atoms with E-state index in [2.05, 4.69) is 6.58 Å². The zero-order chi connectivity index (χ0) is 12.0. The molecule has 3 nitrogen and oxygen atoms in total. The van der Waals surface area contributed by atoms with E-state index in [-0.39, 0.29) is 13.0 Å². The average Bonchev–Trinajstić information content (AvgIpc) is 2.30. The lowest BCUT2D eigenvalue weighted by Gasteiger charge is -2.24. The standard InChI is InChI=1S/C13H16O3/c1-3-10-13(15,12(14)16-4-2)11-8-6-5-7-9-11/h3,5-9,15H,1,4,10H2,2H3/t13-/m1/s1. The van der Waals surface area contributed by atoms with Crippen molar-refractivity contribution in [2.75, 3.05) is 6.61 Å². The van der Waals surface area contributed by atoms with Crippen LogP contribution in [0.15, 0.2) is 43.0 Å². The van der Waals surface area contributed by atoms with Gasteiger partial charge in [-0.25, -0.2) is 4.79 Å². The second kappa shape index (κ2) is 5.47. The smallest absolute Gasteiger partial charge is 0.343 e. The number of hydrogen-bond acceptors (Lipinski definition) is 3. The zero-order valence-corrected chi connectivity index (χ0v) is 9.35. The summed E-state index contributed by atoms with van der Waals surface area (Å²) in [6, 6.07) is 8.75. The van der Waals surface area contributed by atoms with Crippen molar-refractivity contribution in [2.45, 2.75) is 18.9 Å². The summed E-state index contributed by atoms with van der Waals surface area (Å²) < 4.78 is 4.88. The number of rotatable bonds is 5. The minimum Gasteiger partial charge on any atom is -0.464 e. The van der Waals surface area contributed by atoms with E-state index in [0.717, 1.165) is 0 Å². The predicted octanol–water partition coefficient (Wildman–Crippen LogP) is 2.01. The Balaban J connectivity index is 3.05. The highest BCUT2D eigenvalue weighted by atomic mass is 16.5. The molecular formula is C13H16O3. The Morgan fingerprint density at radius 2 is 2.12 bits per heavy atom. The molecule has 1 aromatic carbocycles. The van der Waals surface area contributed by atoms with Crippen molar-refractivity contribution in [1.29, 1.82) is 0 Å². The maximum absolute atomic E-state index is 11.7.